The van der Waals surface area contributed by atoms with Gasteiger partial charge < -0.3 is 10.6 Å². The van der Waals surface area contributed by atoms with Crippen LogP contribution in [0.1, 0.15) is 55.5 Å². The van der Waals surface area contributed by atoms with Crippen LogP contribution in [0.5, 0.6) is 0 Å². The van der Waals surface area contributed by atoms with Crippen molar-refractivity contribution in [2.75, 3.05) is 6.54 Å². The van der Waals surface area contributed by atoms with E-state index in [-0.39, 0.29) is 23.1 Å². The minimum absolute atomic E-state index is 0.0281. The van der Waals surface area contributed by atoms with E-state index in [9.17, 15) is 9.59 Å². The Morgan fingerprint density at radius 3 is 2.14 bits per heavy atom. The maximum absolute atomic E-state index is 13.0. The molecule has 0 heterocycles. The quantitative estimate of drug-likeness (QED) is 0.727. The van der Waals surface area contributed by atoms with E-state index in [0.29, 0.717) is 12.1 Å². The minimum Gasteiger partial charge on any atom is -0.353 e. The van der Waals surface area contributed by atoms with E-state index in [1.54, 1.807) is 12.1 Å². The second-order valence-corrected chi connectivity index (χ2v) is 7.92. The molecule has 1 aliphatic carbocycles. The summed E-state index contributed by atoms with van der Waals surface area (Å²) in [6.07, 6.45) is 4.17. The largest absolute Gasteiger partial charge is 0.353 e. The van der Waals surface area contributed by atoms with Crippen LogP contribution in [0.2, 0.25) is 0 Å². The molecule has 0 aliphatic heterocycles. The van der Waals surface area contributed by atoms with E-state index in [0.717, 1.165) is 19.3 Å². The predicted octanol–water partition coefficient (Wildman–Crippen LogP) is 4.07. The second kappa shape index (κ2) is 9.05. The molecule has 4 heteroatoms. The van der Waals surface area contributed by atoms with Crippen LogP contribution in [-0.2, 0) is 10.2 Å². The molecule has 148 valence electrons. The second-order valence-electron chi connectivity index (χ2n) is 7.92. The lowest BCUT2D eigenvalue weighted by Crippen LogP contribution is -2.54. The summed E-state index contributed by atoms with van der Waals surface area (Å²) in [6.45, 7) is 4.66. The highest BCUT2D eigenvalue weighted by molar-refractivity contribution is 5.97. The Balaban J connectivity index is 1.67. The highest BCUT2D eigenvalue weighted by Gasteiger charge is 2.39. The van der Waals surface area contributed by atoms with Gasteiger partial charge in [-0.15, -0.1) is 0 Å². The molecule has 0 spiro atoms. The number of hydrogen-bond donors (Lipinski definition) is 2. The molecule has 28 heavy (non-hydrogen) atoms. The summed E-state index contributed by atoms with van der Waals surface area (Å²) in [5, 5.41) is 6.09. The Hall–Kier alpha value is -2.62. The maximum atomic E-state index is 13.0. The van der Waals surface area contributed by atoms with Crippen molar-refractivity contribution in [3.63, 3.8) is 0 Å². The van der Waals surface area contributed by atoms with Crippen molar-refractivity contribution >= 4 is 11.8 Å². The average molecular weight is 379 g/mol. The van der Waals surface area contributed by atoms with Gasteiger partial charge in [-0.25, -0.2) is 0 Å². The van der Waals surface area contributed by atoms with Crippen molar-refractivity contribution in [2.45, 2.75) is 51.0 Å². The Labute approximate surface area is 167 Å². The van der Waals surface area contributed by atoms with E-state index in [2.05, 4.69) is 34.9 Å². The third kappa shape index (κ3) is 4.44. The average Bonchev–Trinajstić information content (AvgIpc) is 2.71. The Morgan fingerprint density at radius 1 is 1.00 bits per heavy atom. The molecule has 2 aromatic carbocycles. The lowest BCUT2D eigenvalue weighted by Gasteiger charge is -2.43. The van der Waals surface area contributed by atoms with Gasteiger partial charge in [0.1, 0.15) is 6.04 Å². The van der Waals surface area contributed by atoms with Gasteiger partial charge in [0.25, 0.3) is 5.91 Å². The van der Waals surface area contributed by atoms with Gasteiger partial charge in [-0.2, -0.15) is 0 Å². The van der Waals surface area contributed by atoms with Crippen LogP contribution in [0.3, 0.4) is 0 Å². The monoisotopic (exact) mass is 378 g/mol. The number of carbonyl (C=O) groups is 2. The van der Waals surface area contributed by atoms with Gasteiger partial charge in [-0.1, -0.05) is 75.2 Å². The molecule has 4 nitrogen and oxygen atoms in total. The number of carbonyl (C=O) groups excluding carboxylic acids is 2. The first kappa shape index (κ1) is 20.1. The van der Waals surface area contributed by atoms with Crippen molar-refractivity contribution in [1.29, 1.82) is 0 Å². The lowest BCUT2D eigenvalue weighted by molar-refractivity contribution is -0.124. The zero-order valence-corrected chi connectivity index (χ0v) is 16.8. The molecule has 3 rings (SSSR count). The molecule has 1 aliphatic rings. The van der Waals surface area contributed by atoms with Gasteiger partial charge in [0.05, 0.1) is 0 Å². The summed E-state index contributed by atoms with van der Waals surface area (Å²) in [5.74, 6) is -0.245. The fourth-order valence-corrected chi connectivity index (χ4v) is 3.85. The highest BCUT2D eigenvalue weighted by atomic mass is 16.2. The Morgan fingerprint density at radius 2 is 1.61 bits per heavy atom. The molecule has 0 bridgehead atoms. The molecular formula is C24H30N2O2. The third-order valence-corrected chi connectivity index (χ3v) is 6.12. The fourth-order valence-electron chi connectivity index (χ4n) is 3.85. The maximum Gasteiger partial charge on any atom is 0.251 e. The first-order valence-electron chi connectivity index (χ1n) is 10.2. The van der Waals surface area contributed by atoms with Crippen molar-refractivity contribution in [3.8, 4) is 0 Å². The van der Waals surface area contributed by atoms with Gasteiger partial charge in [0, 0.05) is 17.5 Å². The standard InChI is InChI=1S/C24H30N2O2/c1-3-18(2)21(26-22(27)19-11-6-4-7-12-19)23(28)25-17-24(15-10-16-24)20-13-8-5-9-14-20/h4-9,11-14,18,21H,3,10,15-17H2,1-2H3,(H,25,28)(H,26,27). The molecule has 0 radical (unpaired) electrons. The van der Waals surface area contributed by atoms with Crippen LogP contribution >= 0.6 is 0 Å². The lowest BCUT2D eigenvalue weighted by atomic mass is 9.64. The number of hydrogen-bond acceptors (Lipinski definition) is 2. The molecule has 0 saturated heterocycles. The summed E-state index contributed by atoms with van der Waals surface area (Å²) in [7, 11) is 0. The summed E-state index contributed by atoms with van der Waals surface area (Å²) >= 11 is 0. The van der Waals surface area contributed by atoms with Crippen LogP contribution in [0.15, 0.2) is 60.7 Å². The van der Waals surface area contributed by atoms with Gasteiger partial charge >= 0.3 is 0 Å². The van der Waals surface area contributed by atoms with Crippen molar-refractivity contribution in [3.05, 3.63) is 71.8 Å². The zero-order chi connectivity index (χ0) is 20.0. The number of amides is 2. The minimum atomic E-state index is -0.536. The fraction of sp³-hybridized carbons (Fsp3) is 0.417. The van der Waals surface area contributed by atoms with Crippen LogP contribution in [0, 0.1) is 5.92 Å². The molecule has 2 atom stereocenters. The topological polar surface area (TPSA) is 58.2 Å². The van der Waals surface area contributed by atoms with E-state index in [1.807, 2.05) is 38.1 Å². The van der Waals surface area contributed by atoms with Crippen molar-refractivity contribution in [2.24, 2.45) is 5.92 Å². The zero-order valence-electron chi connectivity index (χ0n) is 16.8. The van der Waals surface area contributed by atoms with Crippen LogP contribution < -0.4 is 10.6 Å². The number of nitrogens with one attached hydrogen (secondary N) is 2. The van der Waals surface area contributed by atoms with Gasteiger partial charge in [0.2, 0.25) is 5.91 Å². The summed E-state index contributed by atoms with van der Waals surface area (Å²) in [4.78, 5) is 25.6. The highest BCUT2D eigenvalue weighted by Crippen LogP contribution is 2.43. The van der Waals surface area contributed by atoms with E-state index >= 15 is 0 Å². The summed E-state index contributed by atoms with van der Waals surface area (Å²) in [6, 6.07) is 18.9. The van der Waals surface area contributed by atoms with E-state index in [1.165, 1.54) is 12.0 Å². The summed E-state index contributed by atoms with van der Waals surface area (Å²) in [5.41, 5.74) is 1.89. The van der Waals surface area contributed by atoms with Crippen LogP contribution in [0.4, 0.5) is 0 Å². The molecule has 2 amide bonds. The molecule has 1 fully saturated rings. The van der Waals surface area contributed by atoms with Crippen LogP contribution in [-0.4, -0.2) is 24.4 Å². The Kier molecular flexibility index (Phi) is 6.50. The first-order valence-corrected chi connectivity index (χ1v) is 10.2. The van der Waals surface area contributed by atoms with E-state index < -0.39 is 6.04 Å². The molecule has 2 N–H and O–H groups in total. The third-order valence-electron chi connectivity index (χ3n) is 6.12. The van der Waals surface area contributed by atoms with Crippen LogP contribution in [0.25, 0.3) is 0 Å². The molecule has 0 aromatic heterocycles. The predicted molar refractivity (Wildman–Crippen MR) is 112 cm³/mol. The number of rotatable bonds is 8. The molecular weight excluding hydrogens is 348 g/mol. The normalized spacial score (nSPS) is 17.1. The molecule has 2 aromatic rings. The van der Waals surface area contributed by atoms with E-state index in [4.69, 9.17) is 0 Å². The van der Waals surface area contributed by atoms with Gasteiger partial charge in [0.15, 0.2) is 0 Å². The smallest absolute Gasteiger partial charge is 0.251 e. The SMILES string of the molecule is CCC(C)C(NC(=O)c1ccccc1)C(=O)NCC1(c2ccccc2)CCC1. The summed E-state index contributed by atoms with van der Waals surface area (Å²) < 4.78 is 0. The molecule has 2 unspecified atom stereocenters. The Bertz CT molecular complexity index is 785. The van der Waals surface area contributed by atoms with Gasteiger partial charge in [-0.3, -0.25) is 9.59 Å². The van der Waals surface area contributed by atoms with Gasteiger partial charge in [-0.05, 0) is 36.5 Å². The van der Waals surface area contributed by atoms with Crippen molar-refractivity contribution < 1.29 is 9.59 Å². The molecule has 1 saturated carbocycles. The number of benzene rings is 2. The van der Waals surface area contributed by atoms with Crippen molar-refractivity contribution in [1.82, 2.24) is 10.6 Å². The first-order chi connectivity index (χ1) is 13.6.